The Bertz CT molecular complexity index is 1030. The second-order valence-electron chi connectivity index (χ2n) is 6.03. The molecule has 2 rings (SSSR count). The van der Waals surface area contributed by atoms with Crippen LogP contribution in [0, 0.1) is 13.8 Å². The number of hydrogen-bond donors (Lipinski definition) is 1. The fourth-order valence-corrected chi connectivity index (χ4v) is 4.80. The van der Waals surface area contributed by atoms with Crippen molar-refractivity contribution in [1.82, 2.24) is 4.31 Å². The number of nitrogens with zero attached hydrogens (tertiary/aromatic N) is 1. The molecule has 0 unspecified atom stereocenters. The zero-order chi connectivity index (χ0) is 19.7. The van der Waals surface area contributed by atoms with E-state index in [1.165, 1.54) is 45.5 Å². The summed E-state index contributed by atoms with van der Waals surface area (Å²) in [6.07, 6.45) is 0. The van der Waals surface area contributed by atoms with Crippen LogP contribution in [-0.4, -0.2) is 42.3 Å². The van der Waals surface area contributed by atoms with E-state index in [4.69, 9.17) is 4.74 Å². The first-order valence-electron chi connectivity index (χ1n) is 7.69. The second-order valence-corrected chi connectivity index (χ2v) is 9.80. The van der Waals surface area contributed by atoms with Gasteiger partial charge in [-0.15, -0.1) is 0 Å². The van der Waals surface area contributed by atoms with Crippen LogP contribution in [0.25, 0.3) is 0 Å². The maximum atomic E-state index is 12.7. The first-order chi connectivity index (χ1) is 12.0. The van der Waals surface area contributed by atoms with Gasteiger partial charge in [-0.05, 0) is 43.7 Å². The first kappa shape index (κ1) is 20.2. The Morgan fingerprint density at radius 3 is 2.12 bits per heavy atom. The Morgan fingerprint density at radius 2 is 1.58 bits per heavy atom. The number of anilines is 1. The molecule has 0 amide bonds. The molecule has 7 nitrogen and oxygen atoms in total. The molecule has 0 spiro atoms. The smallest absolute Gasteiger partial charge is 0.262 e. The molecule has 142 valence electrons. The van der Waals surface area contributed by atoms with E-state index in [1.807, 2.05) is 6.92 Å². The molecule has 0 aromatic heterocycles. The number of methoxy groups -OCH3 is 1. The average molecular weight is 399 g/mol. The van der Waals surface area contributed by atoms with Crippen LogP contribution in [0.3, 0.4) is 0 Å². The number of sulfonamides is 2. The first-order valence-corrected chi connectivity index (χ1v) is 10.6. The molecule has 9 heteroatoms. The molecule has 26 heavy (non-hydrogen) atoms. The predicted octanol–water partition coefficient (Wildman–Crippen LogP) is 2.36. The van der Waals surface area contributed by atoms with Gasteiger partial charge in [-0.2, -0.15) is 0 Å². The molecular weight excluding hydrogens is 376 g/mol. The van der Waals surface area contributed by atoms with E-state index >= 15 is 0 Å². The zero-order valence-electron chi connectivity index (χ0n) is 15.3. The van der Waals surface area contributed by atoms with Gasteiger partial charge in [-0.25, -0.2) is 21.1 Å². The van der Waals surface area contributed by atoms with Gasteiger partial charge >= 0.3 is 0 Å². The lowest BCUT2D eigenvalue weighted by atomic mass is 10.2. The molecule has 2 aromatic rings. The van der Waals surface area contributed by atoms with E-state index in [2.05, 4.69) is 4.72 Å². The summed E-state index contributed by atoms with van der Waals surface area (Å²) in [5.41, 5.74) is 1.68. The molecule has 0 aliphatic carbocycles. The molecule has 0 atom stereocenters. The lowest BCUT2D eigenvalue weighted by molar-refractivity contribution is 0.400. The van der Waals surface area contributed by atoms with Crippen molar-refractivity contribution in [2.45, 2.75) is 23.6 Å². The molecule has 0 aliphatic rings. The standard InChI is InChI=1S/C17H22N2O5S2/c1-12-6-9-16(13(2)10-12)25(20,21)18-14-7-8-15(24-5)17(11-14)26(22,23)19(3)4/h6-11,18H,1-5H3. The van der Waals surface area contributed by atoms with Gasteiger partial charge in [-0.3, -0.25) is 4.72 Å². The number of nitrogens with one attached hydrogen (secondary N) is 1. The number of benzene rings is 2. The van der Waals surface area contributed by atoms with Gasteiger partial charge in [0, 0.05) is 14.1 Å². The molecule has 1 N–H and O–H groups in total. The lowest BCUT2D eigenvalue weighted by Gasteiger charge is -2.16. The third kappa shape index (κ3) is 4.00. The minimum Gasteiger partial charge on any atom is -0.495 e. The topological polar surface area (TPSA) is 92.8 Å². The van der Waals surface area contributed by atoms with Crippen LogP contribution >= 0.6 is 0 Å². The summed E-state index contributed by atoms with van der Waals surface area (Å²) in [6, 6.07) is 9.11. The van der Waals surface area contributed by atoms with E-state index < -0.39 is 20.0 Å². The van der Waals surface area contributed by atoms with E-state index in [1.54, 1.807) is 19.1 Å². The van der Waals surface area contributed by atoms with Crippen LogP contribution in [-0.2, 0) is 20.0 Å². The van der Waals surface area contributed by atoms with Crippen LogP contribution < -0.4 is 9.46 Å². The molecule has 0 radical (unpaired) electrons. The highest BCUT2D eigenvalue weighted by atomic mass is 32.2. The highest BCUT2D eigenvalue weighted by molar-refractivity contribution is 7.92. The highest BCUT2D eigenvalue weighted by Crippen LogP contribution is 2.30. The molecular formula is C17H22N2O5S2. The van der Waals surface area contributed by atoms with E-state index in [9.17, 15) is 16.8 Å². The quantitative estimate of drug-likeness (QED) is 0.806. The van der Waals surface area contributed by atoms with Crippen molar-refractivity contribution >= 4 is 25.7 Å². The Labute approximate surface area is 154 Å². The predicted molar refractivity (Wildman–Crippen MR) is 101 cm³/mol. The second kappa shape index (κ2) is 7.26. The van der Waals surface area contributed by atoms with E-state index in [0.717, 1.165) is 9.87 Å². The summed E-state index contributed by atoms with van der Waals surface area (Å²) in [7, 11) is -3.53. The lowest BCUT2D eigenvalue weighted by Crippen LogP contribution is -2.23. The van der Waals surface area contributed by atoms with Crippen LogP contribution in [0.1, 0.15) is 11.1 Å². The van der Waals surface area contributed by atoms with Gasteiger partial charge < -0.3 is 4.74 Å². The van der Waals surface area contributed by atoms with Gasteiger partial charge in [0.2, 0.25) is 10.0 Å². The van der Waals surface area contributed by atoms with Crippen molar-refractivity contribution in [3.05, 3.63) is 47.5 Å². The van der Waals surface area contributed by atoms with Gasteiger partial charge in [0.25, 0.3) is 10.0 Å². The number of hydrogen-bond acceptors (Lipinski definition) is 5. The Morgan fingerprint density at radius 1 is 0.923 bits per heavy atom. The van der Waals surface area contributed by atoms with Crippen LogP contribution in [0.15, 0.2) is 46.2 Å². The summed E-state index contributed by atoms with van der Waals surface area (Å²) in [5, 5.41) is 0. The summed E-state index contributed by atoms with van der Waals surface area (Å²) in [4.78, 5) is 0.0155. The van der Waals surface area contributed by atoms with Crippen molar-refractivity contribution in [2.75, 3.05) is 25.9 Å². The maximum Gasteiger partial charge on any atom is 0.262 e. The third-order valence-corrected chi connectivity index (χ3v) is 7.17. The number of ether oxygens (including phenoxy) is 1. The minimum absolute atomic E-state index is 0.120. The summed E-state index contributed by atoms with van der Waals surface area (Å²) in [5.74, 6) is 0.133. The van der Waals surface area contributed by atoms with Gasteiger partial charge in [0.15, 0.2) is 0 Å². The Hall–Kier alpha value is -2.10. The number of aryl methyl sites for hydroxylation is 2. The summed E-state index contributed by atoms with van der Waals surface area (Å²) >= 11 is 0. The van der Waals surface area contributed by atoms with Crippen LogP contribution in [0.4, 0.5) is 5.69 Å². The van der Waals surface area contributed by atoms with E-state index in [-0.39, 0.29) is 21.2 Å². The maximum absolute atomic E-state index is 12.7. The SMILES string of the molecule is COc1ccc(NS(=O)(=O)c2ccc(C)cc2C)cc1S(=O)(=O)N(C)C. The monoisotopic (exact) mass is 398 g/mol. The van der Waals surface area contributed by atoms with Crippen LogP contribution in [0.5, 0.6) is 5.75 Å². The fourth-order valence-electron chi connectivity index (χ4n) is 2.45. The van der Waals surface area contributed by atoms with Gasteiger partial charge in [-0.1, -0.05) is 17.7 Å². The van der Waals surface area contributed by atoms with Crippen molar-refractivity contribution in [1.29, 1.82) is 0 Å². The van der Waals surface area contributed by atoms with Crippen molar-refractivity contribution in [2.24, 2.45) is 0 Å². The fraction of sp³-hybridized carbons (Fsp3) is 0.294. The minimum atomic E-state index is -3.86. The molecule has 2 aromatic carbocycles. The largest absolute Gasteiger partial charge is 0.495 e. The van der Waals surface area contributed by atoms with Gasteiger partial charge in [0.1, 0.15) is 10.6 Å². The molecule has 0 saturated heterocycles. The van der Waals surface area contributed by atoms with Crippen molar-refractivity contribution in [3.63, 3.8) is 0 Å². The summed E-state index contributed by atoms with van der Waals surface area (Å²) in [6.45, 7) is 3.58. The van der Waals surface area contributed by atoms with Crippen molar-refractivity contribution in [3.8, 4) is 5.75 Å². The number of rotatable bonds is 6. The van der Waals surface area contributed by atoms with Gasteiger partial charge in [0.05, 0.1) is 17.7 Å². The highest BCUT2D eigenvalue weighted by Gasteiger charge is 2.24. The molecule has 0 saturated carbocycles. The Balaban J connectivity index is 2.50. The molecule has 0 fully saturated rings. The molecule has 0 heterocycles. The zero-order valence-corrected chi connectivity index (χ0v) is 16.9. The average Bonchev–Trinajstić information content (AvgIpc) is 2.53. The summed E-state index contributed by atoms with van der Waals surface area (Å²) < 4.78 is 58.8. The Kier molecular flexibility index (Phi) is 5.64. The van der Waals surface area contributed by atoms with Crippen molar-refractivity contribution < 1.29 is 21.6 Å². The third-order valence-electron chi connectivity index (χ3n) is 3.79. The molecule has 0 aliphatic heterocycles. The van der Waals surface area contributed by atoms with Crippen LogP contribution in [0.2, 0.25) is 0 Å². The normalized spacial score (nSPS) is 12.2. The molecule has 0 bridgehead atoms. The van der Waals surface area contributed by atoms with E-state index in [0.29, 0.717) is 5.56 Å².